The molecule has 2 heterocycles. The Hall–Kier alpha value is -1.13. The van der Waals surface area contributed by atoms with Crippen molar-refractivity contribution in [3.63, 3.8) is 0 Å². The van der Waals surface area contributed by atoms with Crippen LogP contribution in [0.2, 0.25) is 0 Å². The Bertz CT molecular complexity index is 423. The van der Waals surface area contributed by atoms with Gasteiger partial charge in [-0.2, -0.15) is 0 Å². The van der Waals surface area contributed by atoms with Gasteiger partial charge in [-0.15, -0.1) is 0 Å². The molecule has 1 aromatic heterocycles. The minimum atomic E-state index is 0.0920. The second kappa shape index (κ2) is 7.46. The normalized spacial score (nSPS) is 19.8. The molecule has 0 amide bonds. The van der Waals surface area contributed by atoms with E-state index in [1.165, 1.54) is 19.3 Å². The van der Waals surface area contributed by atoms with Gasteiger partial charge in [-0.05, 0) is 32.0 Å². The monoisotopic (exact) mass is 263 g/mol. The standard InChI is InChI=1S/C15H25N3O/c1-2-17(13-14-7-3-5-9-16-14)11-12-18-10-6-4-8-15(18)19/h4,6,8,10,14,16H,2-3,5,7,9,11-13H2,1H3. The van der Waals surface area contributed by atoms with Crippen molar-refractivity contribution in [3.05, 3.63) is 34.7 Å². The van der Waals surface area contributed by atoms with E-state index in [0.29, 0.717) is 6.04 Å². The van der Waals surface area contributed by atoms with Gasteiger partial charge in [-0.25, -0.2) is 0 Å². The molecule has 4 nitrogen and oxygen atoms in total. The smallest absolute Gasteiger partial charge is 0.250 e. The predicted octanol–water partition coefficient (Wildman–Crippen LogP) is 1.31. The van der Waals surface area contributed by atoms with E-state index in [0.717, 1.165) is 32.7 Å². The predicted molar refractivity (Wildman–Crippen MR) is 78.5 cm³/mol. The molecule has 1 aliphatic heterocycles. The van der Waals surface area contributed by atoms with E-state index in [1.54, 1.807) is 16.7 Å². The first-order valence-electron chi connectivity index (χ1n) is 7.41. The first kappa shape index (κ1) is 14.3. The summed E-state index contributed by atoms with van der Waals surface area (Å²) in [6, 6.07) is 5.96. The molecule has 0 aromatic carbocycles. The van der Waals surface area contributed by atoms with E-state index in [4.69, 9.17) is 0 Å². The second-order valence-electron chi connectivity index (χ2n) is 5.27. The van der Waals surface area contributed by atoms with Gasteiger partial charge in [0.25, 0.3) is 5.56 Å². The lowest BCUT2D eigenvalue weighted by Crippen LogP contribution is -2.44. The number of aromatic nitrogens is 1. The van der Waals surface area contributed by atoms with Crippen molar-refractivity contribution in [3.8, 4) is 0 Å². The maximum Gasteiger partial charge on any atom is 0.250 e. The number of hydrogen-bond donors (Lipinski definition) is 1. The lowest BCUT2D eigenvalue weighted by molar-refractivity contribution is 0.225. The molecule has 0 spiro atoms. The van der Waals surface area contributed by atoms with Gasteiger partial charge in [0.2, 0.25) is 0 Å². The topological polar surface area (TPSA) is 37.3 Å². The zero-order valence-electron chi connectivity index (χ0n) is 11.8. The molecule has 19 heavy (non-hydrogen) atoms. The van der Waals surface area contributed by atoms with Crippen LogP contribution in [-0.2, 0) is 6.54 Å². The van der Waals surface area contributed by atoms with Crippen molar-refractivity contribution in [1.29, 1.82) is 0 Å². The van der Waals surface area contributed by atoms with Crippen LogP contribution in [0, 0.1) is 0 Å². The maximum atomic E-state index is 11.6. The fourth-order valence-corrected chi connectivity index (χ4v) is 2.66. The molecule has 0 saturated carbocycles. The van der Waals surface area contributed by atoms with Crippen LogP contribution in [-0.4, -0.2) is 41.7 Å². The van der Waals surface area contributed by atoms with E-state index >= 15 is 0 Å². The number of pyridine rings is 1. The van der Waals surface area contributed by atoms with E-state index in [-0.39, 0.29) is 5.56 Å². The van der Waals surface area contributed by atoms with Gasteiger partial charge < -0.3 is 14.8 Å². The molecule has 1 aliphatic rings. The molecule has 0 bridgehead atoms. The molecule has 4 heteroatoms. The molecule has 106 valence electrons. The first-order chi connectivity index (χ1) is 9.29. The highest BCUT2D eigenvalue weighted by Crippen LogP contribution is 2.08. The van der Waals surface area contributed by atoms with Crippen LogP contribution in [0.5, 0.6) is 0 Å². The molecule has 2 rings (SSSR count). The van der Waals surface area contributed by atoms with Gasteiger partial charge >= 0.3 is 0 Å². The summed E-state index contributed by atoms with van der Waals surface area (Å²) in [6.07, 6.45) is 5.80. The zero-order chi connectivity index (χ0) is 13.5. The molecule has 0 radical (unpaired) electrons. The molecular formula is C15H25N3O. The Morgan fingerprint density at radius 2 is 2.32 bits per heavy atom. The summed E-state index contributed by atoms with van der Waals surface area (Å²) in [4.78, 5) is 14.1. The van der Waals surface area contributed by atoms with E-state index < -0.39 is 0 Å². The Balaban J connectivity index is 1.82. The summed E-state index contributed by atoms with van der Waals surface area (Å²) in [5, 5.41) is 3.58. The number of piperidine rings is 1. The van der Waals surface area contributed by atoms with Gasteiger partial charge in [0, 0.05) is 37.9 Å². The van der Waals surface area contributed by atoms with Gasteiger partial charge in [0.1, 0.15) is 0 Å². The highest BCUT2D eigenvalue weighted by atomic mass is 16.1. The number of nitrogens with zero attached hydrogens (tertiary/aromatic N) is 2. The minimum Gasteiger partial charge on any atom is -0.314 e. The summed E-state index contributed by atoms with van der Waals surface area (Å²) < 4.78 is 1.79. The Morgan fingerprint density at radius 3 is 3.00 bits per heavy atom. The van der Waals surface area contributed by atoms with Crippen LogP contribution in [0.4, 0.5) is 0 Å². The number of likely N-dealkylation sites (N-methyl/N-ethyl adjacent to an activating group) is 1. The molecule has 1 unspecified atom stereocenters. The van der Waals surface area contributed by atoms with E-state index in [2.05, 4.69) is 17.1 Å². The highest BCUT2D eigenvalue weighted by molar-refractivity contribution is 4.93. The van der Waals surface area contributed by atoms with E-state index in [9.17, 15) is 4.79 Å². The van der Waals surface area contributed by atoms with Gasteiger partial charge in [-0.1, -0.05) is 19.4 Å². The van der Waals surface area contributed by atoms with Crippen molar-refractivity contribution < 1.29 is 0 Å². The molecule has 1 aromatic rings. The summed E-state index contributed by atoms with van der Waals surface area (Å²) in [6.45, 7) is 7.20. The fourth-order valence-electron chi connectivity index (χ4n) is 2.66. The molecule has 1 N–H and O–H groups in total. The SMILES string of the molecule is CCN(CCn1ccccc1=O)CC1CCCCN1. The Morgan fingerprint density at radius 1 is 1.42 bits per heavy atom. The summed E-state index contributed by atoms with van der Waals surface area (Å²) >= 11 is 0. The third-order valence-corrected chi connectivity index (χ3v) is 3.89. The number of rotatable bonds is 6. The quantitative estimate of drug-likeness (QED) is 0.841. The largest absolute Gasteiger partial charge is 0.314 e. The van der Waals surface area contributed by atoms with Crippen LogP contribution in [0.15, 0.2) is 29.2 Å². The zero-order valence-corrected chi connectivity index (χ0v) is 11.8. The van der Waals surface area contributed by atoms with Crippen molar-refractivity contribution in [1.82, 2.24) is 14.8 Å². The molecular weight excluding hydrogens is 238 g/mol. The van der Waals surface area contributed by atoms with Crippen LogP contribution in [0.1, 0.15) is 26.2 Å². The third kappa shape index (κ3) is 4.48. The minimum absolute atomic E-state index is 0.0920. The van der Waals surface area contributed by atoms with Crippen molar-refractivity contribution >= 4 is 0 Å². The van der Waals surface area contributed by atoms with Gasteiger partial charge in [0.15, 0.2) is 0 Å². The van der Waals surface area contributed by atoms with Gasteiger partial charge in [0.05, 0.1) is 0 Å². The fraction of sp³-hybridized carbons (Fsp3) is 0.667. The van der Waals surface area contributed by atoms with Crippen molar-refractivity contribution in [2.24, 2.45) is 0 Å². The average molecular weight is 263 g/mol. The third-order valence-electron chi connectivity index (χ3n) is 3.89. The molecule has 1 fully saturated rings. The molecule has 1 atom stereocenters. The summed E-state index contributed by atoms with van der Waals surface area (Å²) in [7, 11) is 0. The van der Waals surface area contributed by atoms with Crippen LogP contribution in [0.25, 0.3) is 0 Å². The Kier molecular flexibility index (Phi) is 5.61. The average Bonchev–Trinajstić information content (AvgIpc) is 2.46. The van der Waals surface area contributed by atoms with E-state index in [1.807, 2.05) is 12.3 Å². The summed E-state index contributed by atoms with van der Waals surface area (Å²) in [5.41, 5.74) is 0.0920. The van der Waals surface area contributed by atoms with Crippen LogP contribution >= 0.6 is 0 Å². The summed E-state index contributed by atoms with van der Waals surface area (Å²) in [5.74, 6) is 0. The van der Waals surface area contributed by atoms with Crippen LogP contribution < -0.4 is 10.9 Å². The highest BCUT2D eigenvalue weighted by Gasteiger charge is 2.15. The van der Waals surface area contributed by atoms with Crippen molar-refractivity contribution in [2.45, 2.75) is 38.8 Å². The second-order valence-corrected chi connectivity index (χ2v) is 5.27. The number of hydrogen-bond acceptors (Lipinski definition) is 3. The maximum absolute atomic E-state index is 11.6. The lowest BCUT2D eigenvalue weighted by Gasteiger charge is -2.30. The van der Waals surface area contributed by atoms with Crippen LogP contribution in [0.3, 0.4) is 0 Å². The molecule has 0 aliphatic carbocycles. The Labute approximate surface area is 115 Å². The molecule has 1 saturated heterocycles. The van der Waals surface area contributed by atoms with Crippen molar-refractivity contribution in [2.75, 3.05) is 26.2 Å². The lowest BCUT2D eigenvalue weighted by atomic mass is 10.0. The first-order valence-corrected chi connectivity index (χ1v) is 7.41. The number of nitrogens with one attached hydrogen (secondary N) is 1. The van der Waals surface area contributed by atoms with Gasteiger partial charge in [-0.3, -0.25) is 4.79 Å².